The highest BCUT2D eigenvalue weighted by Gasteiger charge is 2.29. The summed E-state index contributed by atoms with van der Waals surface area (Å²) in [4.78, 5) is 2.28. The number of piperidine rings is 1. The molecule has 0 radical (unpaired) electrons. The van der Waals surface area contributed by atoms with Crippen molar-refractivity contribution < 1.29 is 0 Å². The highest BCUT2D eigenvalue weighted by Crippen LogP contribution is 2.23. The summed E-state index contributed by atoms with van der Waals surface area (Å²) in [5.74, 6) is 6.25. The molecule has 1 fully saturated rings. The predicted octanol–water partition coefficient (Wildman–Crippen LogP) is 4.07. The van der Waals surface area contributed by atoms with Crippen LogP contribution in [0.1, 0.15) is 59.3 Å². The third-order valence-electron chi connectivity index (χ3n) is 4.30. The van der Waals surface area contributed by atoms with E-state index in [0.29, 0.717) is 17.5 Å². The van der Waals surface area contributed by atoms with E-state index in [1.54, 1.807) is 6.92 Å². The minimum atomic E-state index is 0.330. The van der Waals surface area contributed by atoms with Crippen LogP contribution in [0.2, 0.25) is 0 Å². The van der Waals surface area contributed by atoms with Crippen molar-refractivity contribution in [3.63, 3.8) is 0 Å². The van der Waals surface area contributed by atoms with Gasteiger partial charge in [-0.2, -0.15) is 5.10 Å². The van der Waals surface area contributed by atoms with E-state index >= 15 is 0 Å². The average molecular weight is 309 g/mol. The summed E-state index contributed by atoms with van der Waals surface area (Å²) in [6.07, 6.45) is 9.77. The molecule has 1 rings (SSSR count). The molecule has 1 saturated heterocycles. The molecule has 4 nitrogen and oxygen atoms in total. The van der Waals surface area contributed by atoms with Crippen molar-refractivity contribution in [2.75, 3.05) is 20.1 Å². The SMILES string of the molecule is C=CCCCCCC.CC(=N)/C(=N\N)C1CN(C)CCC1C. The predicted molar refractivity (Wildman–Crippen MR) is 98.7 cm³/mol. The zero-order valence-electron chi connectivity index (χ0n) is 15.1. The van der Waals surface area contributed by atoms with Gasteiger partial charge >= 0.3 is 0 Å². The fourth-order valence-corrected chi connectivity index (χ4v) is 2.77. The molecule has 128 valence electrons. The van der Waals surface area contributed by atoms with E-state index in [2.05, 4.69) is 37.5 Å². The first kappa shape index (κ1) is 20.8. The fraction of sp³-hybridized carbons (Fsp3) is 0.778. The molecule has 4 heteroatoms. The summed E-state index contributed by atoms with van der Waals surface area (Å²) in [6.45, 7) is 12.0. The minimum absolute atomic E-state index is 0.330. The van der Waals surface area contributed by atoms with Gasteiger partial charge in [0.2, 0.25) is 0 Å². The van der Waals surface area contributed by atoms with Gasteiger partial charge < -0.3 is 16.2 Å². The molecule has 0 aromatic heterocycles. The Labute approximate surface area is 137 Å². The monoisotopic (exact) mass is 308 g/mol. The van der Waals surface area contributed by atoms with E-state index in [-0.39, 0.29) is 0 Å². The van der Waals surface area contributed by atoms with Crippen LogP contribution in [0.15, 0.2) is 17.8 Å². The second-order valence-electron chi connectivity index (χ2n) is 6.41. The Hall–Kier alpha value is -1.16. The molecule has 0 saturated carbocycles. The molecule has 1 heterocycles. The van der Waals surface area contributed by atoms with Crippen LogP contribution < -0.4 is 5.84 Å². The van der Waals surface area contributed by atoms with Crippen molar-refractivity contribution in [2.45, 2.75) is 59.3 Å². The average Bonchev–Trinajstić information content (AvgIpc) is 2.48. The summed E-state index contributed by atoms with van der Waals surface area (Å²) in [6, 6.07) is 0. The number of rotatable bonds is 7. The largest absolute Gasteiger partial charge is 0.323 e. The molecule has 22 heavy (non-hydrogen) atoms. The molecule has 3 N–H and O–H groups in total. The van der Waals surface area contributed by atoms with Gasteiger partial charge in [-0.15, -0.1) is 6.58 Å². The molecule has 0 aromatic carbocycles. The maximum absolute atomic E-state index is 7.61. The lowest BCUT2D eigenvalue weighted by Gasteiger charge is -2.35. The van der Waals surface area contributed by atoms with Gasteiger partial charge in [0, 0.05) is 12.5 Å². The molecule has 0 bridgehead atoms. The number of likely N-dealkylation sites (tertiary alicyclic amines) is 1. The molecule has 0 amide bonds. The molecule has 1 aliphatic rings. The molecular weight excluding hydrogens is 272 g/mol. The van der Waals surface area contributed by atoms with Gasteiger partial charge in [-0.3, -0.25) is 0 Å². The molecular formula is C18H36N4. The standard InChI is InChI=1S/C10H20N4.C8H16/c1-7-4-5-14(3)6-9(7)10(13-12)8(2)11;1-3-5-7-8-6-4-2/h7,9,11H,4-6,12H2,1-3H3;3H,1,4-8H2,2H3/b11-8?,13-10+;. The molecule has 1 aliphatic heterocycles. The first-order valence-corrected chi connectivity index (χ1v) is 8.60. The second kappa shape index (κ2) is 12.4. The van der Waals surface area contributed by atoms with Gasteiger partial charge in [-0.05, 0) is 45.7 Å². The molecule has 2 atom stereocenters. The van der Waals surface area contributed by atoms with Crippen LogP contribution >= 0.6 is 0 Å². The van der Waals surface area contributed by atoms with Gasteiger partial charge in [-0.1, -0.05) is 39.2 Å². The molecule has 0 aliphatic carbocycles. The third kappa shape index (κ3) is 8.32. The quantitative estimate of drug-likeness (QED) is 0.245. The Kier molecular flexibility index (Phi) is 11.7. The van der Waals surface area contributed by atoms with Crippen LogP contribution in [0.3, 0.4) is 0 Å². The topological polar surface area (TPSA) is 65.5 Å². The Morgan fingerprint density at radius 3 is 2.59 bits per heavy atom. The van der Waals surface area contributed by atoms with Gasteiger partial charge in [0.05, 0.1) is 11.4 Å². The zero-order chi connectivity index (χ0) is 17.0. The lowest BCUT2D eigenvalue weighted by Crippen LogP contribution is -2.43. The number of nitrogens with one attached hydrogen (secondary N) is 1. The summed E-state index contributed by atoms with van der Waals surface area (Å²) in [7, 11) is 2.10. The molecule has 0 spiro atoms. The van der Waals surface area contributed by atoms with Gasteiger partial charge in [0.25, 0.3) is 0 Å². The smallest absolute Gasteiger partial charge is 0.0851 e. The first-order chi connectivity index (χ1) is 10.5. The highest BCUT2D eigenvalue weighted by atomic mass is 15.1. The summed E-state index contributed by atoms with van der Waals surface area (Å²) in [5, 5.41) is 11.4. The van der Waals surface area contributed by atoms with Crippen LogP contribution in [-0.2, 0) is 0 Å². The normalized spacial score (nSPS) is 22.6. The van der Waals surface area contributed by atoms with E-state index in [1.807, 2.05) is 6.08 Å². The highest BCUT2D eigenvalue weighted by molar-refractivity contribution is 6.41. The Morgan fingerprint density at radius 2 is 2.09 bits per heavy atom. The minimum Gasteiger partial charge on any atom is -0.323 e. The number of hydrazone groups is 1. The van der Waals surface area contributed by atoms with Gasteiger partial charge in [0.15, 0.2) is 0 Å². The van der Waals surface area contributed by atoms with Crippen molar-refractivity contribution in [1.29, 1.82) is 5.41 Å². The Balaban J connectivity index is 0.000000472. The van der Waals surface area contributed by atoms with Crippen molar-refractivity contribution in [2.24, 2.45) is 22.8 Å². The van der Waals surface area contributed by atoms with Gasteiger partial charge in [0.1, 0.15) is 0 Å². The van der Waals surface area contributed by atoms with Crippen molar-refractivity contribution in [3.8, 4) is 0 Å². The molecule has 2 unspecified atom stereocenters. The lowest BCUT2D eigenvalue weighted by atomic mass is 9.82. The van der Waals surface area contributed by atoms with Crippen molar-refractivity contribution in [1.82, 2.24) is 4.90 Å². The number of hydrogen-bond donors (Lipinski definition) is 2. The lowest BCUT2D eigenvalue weighted by molar-refractivity contribution is 0.195. The fourth-order valence-electron chi connectivity index (χ4n) is 2.77. The molecule has 0 aromatic rings. The summed E-state index contributed by atoms with van der Waals surface area (Å²) < 4.78 is 0. The first-order valence-electron chi connectivity index (χ1n) is 8.60. The number of unbranched alkanes of at least 4 members (excludes halogenated alkanes) is 4. The second-order valence-corrected chi connectivity index (χ2v) is 6.41. The van der Waals surface area contributed by atoms with E-state index in [1.165, 1.54) is 32.1 Å². The number of nitrogens with two attached hydrogens (primary N) is 1. The van der Waals surface area contributed by atoms with E-state index in [0.717, 1.165) is 25.2 Å². The van der Waals surface area contributed by atoms with Crippen LogP contribution in [0.25, 0.3) is 0 Å². The van der Waals surface area contributed by atoms with Gasteiger partial charge in [-0.25, -0.2) is 0 Å². The maximum atomic E-state index is 7.61. The third-order valence-corrected chi connectivity index (χ3v) is 4.30. The summed E-state index contributed by atoms with van der Waals surface area (Å²) in [5.41, 5.74) is 1.27. The number of nitrogens with zero attached hydrogens (tertiary/aromatic N) is 2. The van der Waals surface area contributed by atoms with Crippen LogP contribution in [0.5, 0.6) is 0 Å². The number of allylic oxidation sites excluding steroid dienone is 1. The number of hydrogen-bond acceptors (Lipinski definition) is 4. The summed E-state index contributed by atoms with van der Waals surface area (Å²) >= 11 is 0. The van der Waals surface area contributed by atoms with E-state index < -0.39 is 0 Å². The van der Waals surface area contributed by atoms with Crippen molar-refractivity contribution in [3.05, 3.63) is 12.7 Å². The zero-order valence-corrected chi connectivity index (χ0v) is 15.1. The van der Waals surface area contributed by atoms with E-state index in [4.69, 9.17) is 11.3 Å². The van der Waals surface area contributed by atoms with Crippen LogP contribution in [0.4, 0.5) is 0 Å². The van der Waals surface area contributed by atoms with Crippen LogP contribution in [0, 0.1) is 17.2 Å². The van der Waals surface area contributed by atoms with Crippen molar-refractivity contribution >= 4 is 11.4 Å². The Morgan fingerprint density at radius 1 is 1.41 bits per heavy atom. The van der Waals surface area contributed by atoms with E-state index in [9.17, 15) is 0 Å². The Bertz CT molecular complexity index is 349. The maximum Gasteiger partial charge on any atom is 0.0851 e. The van der Waals surface area contributed by atoms with Crippen LogP contribution in [-0.4, -0.2) is 36.5 Å².